The lowest BCUT2D eigenvalue weighted by Gasteiger charge is -2.36. The fourth-order valence-electron chi connectivity index (χ4n) is 3.97. The first-order chi connectivity index (χ1) is 11.5. The highest BCUT2D eigenvalue weighted by atomic mass is 35.5. The van der Waals surface area contributed by atoms with E-state index >= 15 is 0 Å². The van der Waals surface area contributed by atoms with Crippen molar-refractivity contribution < 1.29 is 0 Å². The van der Waals surface area contributed by atoms with Crippen LogP contribution in [0.3, 0.4) is 0 Å². The molecule has 1 unspecified atom stereocenters. The van der Waals surface area contributed by atoms with Gasteiger partial charge in [-0.05, 0) is 62.1 Å². The van der Waals surface area contributed by atoms with Crippen molar-refractivity contribution in [1.82, 2.24) is 9.55 Å². The Labute approximate surface area is 160 Å². The Balaban J connectivity index is 0.00000182. The van der Waals surface area contributed by atoms with E-state index in [1.165, 1.54) is 33.3 Å². The van der Waals surface area contributed by atoms with E-state index in [1.54, 1.807) is 0 Å². The molecule has 0 saturated heterocycles. The van der Waals surface area contributed by atoms with Crippen LogP contribution in [0.4, 0.5) is 5.82 Å². The van der Waals surface area contributed by atoms with Crippen LogP contribution >= 0.6 is 24.0 Å². The second-order valence-corrected chi connectivity index (χ2v) is 7.20. The van der Waals surface area contributed by atoms with Crippen molar-refractivity contribution in [1.29, 1.82) is 0 Å². The van der Waals surface area contributed by atoms with Crippen molar-refractivity contribution in [3.8, 4) is 0 Å². The van der Waals surface area contributed by atoms with Crippen LogP contribution in [-0.2, 0) is 13.5 Å². The Morgan fingerprint density at radius 1 is 1.20 bits per heavy atom. The average molecular weight is 376 g/mol. The topological polar surface area (TPSA) is 21.1 Å². The quantitative estimate of drug-likeness (QED) is 0.568. The molecule has 0 fully saturated rings. The van der Waals surface area contributed by atoms with Gasteiger partial charge in [0.05, 0.1) is 11.6 Å². The largest absolute Gasteiger partial charge is 0.348 e. The number of hydrogen-bond acceptors (Lipinski definition) is 2. The number of halogens is 2. The van der Waals surface area contributed by atoms with Crippen LogP contribution in [0.1, 0.15) is 35.3 Å². The molecule has 3 nitrogen and oxygen atoms in total. The number of rotatable bonds is 1. The van der Waals surface area contributed by atoms with Gasteiger partial charge in [0.1, 0.15) is 0 Å². The third-order valence-corrected chi connectivity index (χ3v) is 5.84. The zero-order valence-electron chi connectivity index (χ0n) is 15.0. The summed E-state index contributed by atoms with van der Waals surface area (Å²) in [6.45, 7) is 7.59. The van der Waals surface area contributed by atoms with E-state index in [0.717, 1.165) is 23.8 Å². The number of aryl methyl sites for hydroxylation is 2. The fraction of sp³-hybridized carbons (Fsp3) is 0.350. The first-order valence-corrected chi connectivity index (χ1v) is 8.82. The van der Waals surface area contributed by atoms with Crippen LogP contribution in [0, 0.1) is 13.8 Å². The maximum Gasteiger partial charge on any atom is 0.153 e. The fourth-order valence-corrected chi connectivity index (χ4v) is 4.16. The highest BCUT2D eigenvalue weighted by Gasteiger charge is 2.27. The summed E-state index contributed by atoms with van der Waals surface area (Å²) in [5, 5.41) is 2.10. The molecular weight excluding hydrogens is 353 g/mol. The van der Waals surface area contributed by atoms with E-state index in [9.17, 15) is 0 Å². The molecule has 1 aliphatic rings. The minimum atomic E-state index is 0. The van der Waals surface area contributed by atoms with Gasteiger partial charge in [-0.1, -0.05) is 17.7 Å². The summed E-state index contributed by atoms with van der Waals surface area (Å²) >= 11 is 6.24. The van der Waals surface area contributed by atoms with Crippen molar-refractivity contribution >= 4 is 40.7 Å². The molecule has 1 aromatic carbocycles. The SMILES string of the molecule is Cc1c(C)n(C)c2c(N3CCc4ccc(Cl)cc4C3C)nccc12.Cl. The number of fused-ring (bicyclic) bond motifs is 2. The molecule has 0 bridgehead atoms. The first kappa shape index (κ1) is 18.1. The van der Waals surface area contributed by atoms with Crippen LogP contribution in [0.15, 0.2) is 30.5 Å². The summed E-state index contributed by atoms with van der Waals surface area (Å²) in [6.07, 6.45) is 2.96. The number of hydrogen-bond donors (Lipinski definition) is 0. The lowest BCUT2D eigenvalue weighted by Crippen LogP contribution is -2.34. The molecule has 1 atom stereocenters. The number of anilines is 1. The summed E-state index contributed by atoms with van der Waals surface area (Å²) in [4.78, 5) is 7.18. The van der Waals surface area contributed by atoms with E-state index in [0.29, 0.717) is 0 Å². The highest BCUT2D eigenvalue weighted by molar-refractivity contribution is 6.30. The summed E-state index contributed by atoms with van der Waals surface area (Å²) < 4.78 is 2.27. The van der Waals surface area contributed by atoms with Crippen LogP contribution in [0.25, 0.3) is 10.9 Å². The van der Waals surface area contributed by atoms with Crippen molar-refractivity contribution in [3.63, 3.8) is 0 Å². The van der Waals surface area contributed by atoms with E-state index in [1.807, 2.05) is 12.3 Å². The smallest absolute Gasteiger partial charge is 0.153 e. The highest BCUT2D eigenvalue weighted by Crippen LogP contribution is 2.38. The summed E-state index contributed by atoms with van der Waals surface area (Å²) in [5.41, 5.74) is 6.58. The van der Waals surface area contributed by atoms with Crippen LogP contribution < -0.4 is 4.90 Å². The molecule has 4 rings (SSSR count). The average Bonchev–Trinajstić information content (AvgIpc) is 2.81. The van der Waals surface area contributed by atoms with Gasteiger partial charge in [-0.25, -0.2) is 4.98 Å². The summed E-state index contributed by atoms with van der Waals surface area (Å²) in [7, 11) is 2.13. The van der Waals surface area contributed by atoms with Crippen molar-refractivity contribution in [3.05, 3.63) is 57.9 Å². The van der Waals surface area contributed by atoms with Crippen LogP contribution in [0.5, 0.6) is 0 Å². The number of nitrogens with zero attached hydrogens (tertiary/aromatic N) is 3. The standard InChI is InChI=1S/C20H22ClN3.ClH/c1-12-13(2)23(4)19-17(12)7-9-22-20(19)24-10-8-15-5-6-16(21)11-18(15)14(24)3;/h5-7,9,11,14H,8,10H2,1-4H3;1H. The molecule has 3 aromatic rings. The Morgan fingerprint density at radius 2 is 1.96 bits per heavy atom. The Kier molecular flexibility index (Phi) is 4.74. The molecule has 132 valence electrons. The van der Waals surface area contributed by atoms with Gasteiger partial charge in [0.2, 0.25) is 0 Å². The minimum absolute atomic E-state index is 0. The minimum Gasteiger partial charge on any atom is -0.348 e. The number of pyridine rings is 1. The van der Waals surface area contributed by atoms with Gasteiger partial charge >= 0.3 is 0 Å². The molecule has 1 aliphatic heterocycles. The van der Waals surface area contributed by atoms with E-state index < -0.39 is 0 Å². The van der Waals surface area contributed by atoms with E-state index in [2.05, 4.69) is 55.5 Å². The third kappa shape index (κ3) is 2.70. The maximum atomic E-state index is 6.24. The Hall–Kier alpha value is -1.71. The van der Waals surface area contributed by atoms with Crippen molar-refractivity contribution in [2.75, 3.05) is 11.4 Å². The van der Waals surface area contributed by atoms with Crippen LogP contribution in [0.2, 0.25) is 5.02 Å². The van der Waals surface area contributed by atoms with Crippen LogP contribution in [-0.4, -0.2) is 16.1 Å². The molecule has 0 N–H and O–H groups in total. The first-order valence-electron chi connectivity index (χ1n) is 8.44. The van der Waals surface area contributed by atoms with E-state index in [4.69, 9.17) is 16.6 Å². The molecule has 2 aromatic heterocycles. The normalized spacial score (nSPS) is 16.7. The molecule has 3 heterocycles. The number of aromatic nitrogens is 2. The zero-order chi connectivity index (χ0) is 17.0. The van der Waals surface area contributed by atoms with Gasteiger partial charge in [-0.2, -0.15) is 0 Å². The van der Waals surface area contributed by atoms with Gasteiger partial charge in [0, 0.05) is 35.9 Å². The van der Waals surface area contributed by atoms with Crippen molar-refractivity contribution in [2.24, 2.45) is 7.05 Å². The van der Waals surface area contributed by atoms with Gasteiger partial charge in [-0.15, -0.1) is 12.4 Å². The monoisotopic (exact) mass is 375 g/mol. The maximum absolute atomic E-state index is 6.24. The predicted octanol–water partition coefficient (Wildman–Crippen LogP) is 5.39. The number of benzene rings is 1. The lowest BCUT2D eigenvalue weighted by molar-refractivity contribution is 0.618. The third-order valence-electron chi connectivity index (χ3n) is 5.61. The second-order valence-electron chi connectivity index (χ2n) is 6.76. The second kappa shape index (κ2) is 6.54. The van der Waals surface area contributed by atoms with Crippen molar-refractivity contribution in [2.45, 2.75) is 33.2 Å². The summed E-state index contributed by atoms with van der Waals surface area (Å²) in [6, 6.07) is 8.65. The lowest BCUT2D eigenvalue weighted by atomic mass is 9.93. The van der Waals surface area contributed by atoms with Gasteiger partial charge < -0.3 is 9.47 Å². The van der Waals surface area contributed by atoms with Gasteiger partial charge in [0.15, 0.2) is 5.82 Å². The predicted molar refractivity (Wildman–Crippen MR) is 108 cm³/mol. The molecular formula is C20H23Cl2N3. The zero-order valence-corrected chi connectivity index (χ0v) is 16.6. The molecule has 25 heavy (non-hydrogen) atoms. The van der Waals surface area contributed by atoms with Gasteiger partial charge in [0.25, 0.3) is 0 Å². The summed E-state index contributed by atoms with van der Waals surface area (Å²) in [5.74, 6) is 1.07. The van der Waals surface area contributed by atoms with Gasteiger partial charge in [-0.3, -0.25) is 0 Å². The Morgan fingerprint density at radius 3 is 2.72 bits per heavy atom. The molecule has 0 saturated carbocycles. The molecule has 0 spiro atoms. The molecule has 0 amide bonds. The Bertz CT molecular complexity index is 946. The molecule has 0 aliphatic carbocycles. The van der Waals surface area contributed by atoms with E-state index in [-0.39, 0.29) is 18.4 Å². The molecule has 0 radical (unpaired) electrons. The molecule has 5 heteroatoms.